The summed E-state index contributed by atoms with van der Waals surface area (Å²) >= 11 is 0. The van der Waals surface area contributed by atoms with Crippen LogP contribution in [0.2, 0.25) is 0 Å². The average molecular weight is 254 g/mol. The Morgan fingerprint density at radius 1 is 1.28 bits per heavy atom. The maximum absolute atomic E-state index is 11.7. The number of carbonyl (C=O) groups excluding carboxylic acids is 2. The van der Waals surface area contributed by atoms with E-state index in [9.17, 15) is 9.59 Å². The molecule has 1 rings (SSSR count). The second kappa shape index (κ2) is 8.11. The molecule has 18 heavy (non-hydrogen) atoms. The maximum Gasteiger partial charge on any atom is 0.242 e. The van der Waals surface area contributed by atoms with Crippen LogP contribution in [0.25, 0.3) is 0 Å². The summed E-state index contributed by atoms with van der Waals surface area (Å²) in [5.41, 5.74) is 0. The Morgan fingerprint density at radius 3 is 2.50 bits per heavy atom. The van der Waals surface area contributed by atoms with E-state index in [1.807, 2.05) is 0 Å². The summed E-state index contributed by atoms with van der Waals surface area (Å²) in [5, 5.41) is 5.41. The summed E-state index contributed by atoms with van der Waals surface area (Å²) < 4.78 is 0. The quantitative estimate of drug-likeness (QED) is 0.730. The van der Waals surface area contributed by atoms with Crippen molar-refractivity contribution in [3.05, 3.63) is 0 Å². The van der Waals surface area contributed by atoms with E-state index in [-0.39, 0.29) is 17.9 Å². The summed E-state index contributed by atoms with van der Waals surface area (Å²) in [7, 11) is 1.62. The average Bonchev–Trinajstić information content (AvgIpc) is 2.89. The van der Waals surface area contributed by atoms with Gasteiger partial charge in [-0.2, -0.15) is 0 Å². The fraction of sp³-hybridized carbons (Fsp3) is 0.857. The molecule has 0 heterocycles. The highest BCUT2D eigenvalue weighted by Gasteiger charge is 2.20. The van der Waals surface area contributed by atoms with Crippen molar-refractivity contribution in [2.45, 2.75) is 64.3 Å². The fourth-order valence-electron chi connectivity index (χ4n) is 2.65. The zero-order valence-corrected chi connectivity index (χ0v) is 11.6. The summed E-state index contributed by atoms with van der Waals surface area (Å²) in [6.07, 6.45) is 8.78. The van der Waals surface area contributed by atoms with Gasteiger partial charge in [0.25, 0.3) is 0 Å². The van der Waals surface area contributed by atoms with E-state index in [1.54, 1.807) is 14.0 Å². The fourth-order valence-corrected chi connectivity index (χ4v) is 2.65. The van der Waals surface area contributed by atoms with Crippen molar-refractivity contribution in [3.8, 4) is 0 Å². The van der Waals surface area contributed by atoms with Crippen molar-refractivity contribution in [2.75, 3.05) is 7.05 Å². The van der Waals surface area contributed by atoms with Gasteiger partial charge in [-0.25, -0.2) is 0 Å². The van der Waals surface area contributed by atoms with Gasteiger partial charge in [-0.05, 0) is 12.3 Å². The van der Waals surface area contributed by atoms with Crippen LogP contribution in [-0.4, -0.2) is 24.9 Å². The minimum Gasteiger partial charge on any atom is -0.357 e. The van der Waals surface area contributed by atoms with Gasteiger partial charge in [0.15, 0.2) is 0 Å². The Balaban J connectivity index is 2.30. The third-order valence-corrected chi connectivity index (χ3v) is 3.80. The highest BCUT2D eigenvalue weighted by Crippen LogP contribution is 2.29. The Kier molecular flexibility index (Phi) is 6.76. The molecule has 4 nitrogen and oxygen atoms in total. The lowest BCUT2D eigenvalue weighted by atomic mass is 9.98. The number of likely N-dealkylation sites (N-methyl/N-ethyl adjacent to an activating group) is 1. The van der Waals surface area contributed by atoms with Gasteiger partial charge in [0, 0.05) is 13.5 Å². The molecule has 0 aromatic rings. The van der Waals surface area contributed by atoms with Gasteiger partial charge >= 0.3 is 0 Å². The first kappa shape index (κ1) is 15.0. The summed E-state index contributed by atoms with van der Waals surface area (Å²) in [4.78, 5) is 23.0. The zero-order valence-electron chi connectivity index (χ0n) is 11.6. The van der Waals surface area contributed by atoms with Crippen molar-refractivity contribution in [3.63, 3.8) is 0 Å². The predicted molar refractivity (Wildman–Crippen MR) is 72.1 cm³/mol. The molecule has 1 saturated carbocycles. The van der Waals surface area contributed by atoms with E-state index in [4.69, 9.17) is 0 Å². The Labute approximate surface area is 110 Å². The Bertz CT molecular complexity index is 273. The van der Waals surface area contributed by atoms with Gasteiger partial charge in [0.2, 0.25) is 11.8 Å². The van der Waals surface area contributed by atoms with Crippen LogP contribution < -0.4 is 10.6 Å². The van der Waals surface area contributed by atoms with Crippen LogP contribution in [0.1, 0.15) is 58.3 Å². The van der Waals surface area contributed by atoms with E-state index in [1.165, 1.54) is 32.1 Å². The van der Waals surface area contributed by atoms with Crippen LogP contribution in [0, 0.1) is 5.92 Å². The molecule has 1 atom stereocenters. The van der Waals surface area contributed by atoms with Crippen molar-refractivity contribution in [1.82, 2.24) is 10.6 Å². The molecule has 0 spiro atoms. The highest BCUT2D eigenvalue weighted by molar-refractivity contribution is 5.87. The van der Waals surface area contributed by atoms with E-state index in [0.29, 0.717) is 6.42 Å². The monoisotopic (exact) mass is 254 g/mol. The topological polar surface area (TPSA) is 58.2 Å². The van der Waals surface area contributed by atoms with Crippen LogP contribution in [0.4, 0.5) is 0 Å². The van der Waals surface area contributed by atoms with Gasteiger partial charge in [-0.3, -0.25) is 9.59 Å². The molecular weight excluding hydrogens is 228 g/mol. The van der Waals surface area contributed by atoms with Crippen molar-refractivity contribution >= 4 is 11.8 Å². The molecule has 0 aliphatic heterocycles. The maximum atomic E-state index is 11.7. The van der Waals surface area contributed by atoms with Crippen LogP contribution in [0.3, 0.4) is 0 Å². The molecule has 2 N–H and O–H groups in total. The molecular formula is C14H26N2O2. The molecule has 0 aromatic carbocycles. The van der Waals surface area contributed by atoms with E-state index in [2.05, 4.69) is 10.6 Å². The van der Waals surface area contributed by atoms with Crippen LogP contribution in [0.15, 0.2) is 0 Å². The number of amides is 2. The molecule has 0 bridgehead atoms. The number of hydrogen-bond acceptors (Lipinski definition) is 2. The van der Waals surface area contributed by atoms with Crippen molar-refractivity contribution < 1.29 is 9.59 Å². The van der Waals surface area contributed by atoms with E-state index >= 15 is 0 Å². The van der Waals surface area contributed by atoms with Crippen LogP contribution in [0.5, 0.6) is 0 Å². The molecule has 1 unspecified atom stereocenters. The predicted octanol–water partition coefficient (Wildman–Crippen LogP) is 1.99. The smallest absolute Gasteiger partial charge is 0.242 e. The summed E-state index contributed by atoms with van der Waals surface area (Å²) in [5.74, 6) is 0.713. The van der Waals surface area contributed by atoms with Gasteiger partial charge in [0.1, 0.15) is 6.04 Å². The largest absolute Gasteiger partial charge is 0.357 e. The molecule has 1 fully saturated rings. The molecule has 1 aliphatic rings. The van der Waals surface area contributed by atoms with E-state index in [0.717, 1.165) is 18.8 Å². The SMILES string of the molecule is CCC(=O)NC(CCCC1CCCC1)C(=O)NC. The van der Waals surface area contributed by atoms with Gasteiger partial charge in [-0.1, -0.05) is 45.4 Å². The second-order valence-corrected chi connectivity index (χ2v) is 5.17. The third-order valence-electron chi connectivity index (χ3n) is 3.80. The Hall–Kier alpha value is -1.06. The molecule has 2 amide bonds. The molecule has 0 saturated heterocycles. The number of carbonyl (C=O) groups is 2. The van der Waals surface area contributed by atoms with Gasteiger partial charge in [0.05, 0.1) is 0 Å². The second-order valence-electron chi connectivity index (χ2n) is 5.17. The molecule has 0 radical (unpaired) electrons. The lowest BCUT2D eigenvalue weighted by molar-refractivity contribution is -0.128. The third kappa shape index (κ3) is 5.07. The standard InChI is InChI=1S/C14H26N2O2/c1-3-13(17)16-12(14(18)15-2)10-6-9-11-7-4-5-8-11/h11-12H,3-10H2,1-2H3,(H,15,18)(H,16,17). The number of rotatable bonds is 7. The summed E-state index contributed by atoms with van der Waals surface area (Å²) in [6.45, 7) is 1.80. The normalized spacial score (nSPS) is 17.4. The van der Waals surface area contributed by atoms with E-state index < -0.39 is 0 Å². The minimum atomic E-state index is -0.358. The molecule has 1 aliphatic carbocycles. The molecule has 4 heteroatoms. The first-order chi connectivity index (χ1) is 8.67. The molecule has 0 aromatic heterocycles. The van der Waals surface area contributed by atoms with Crippen molar-refractivity contribution in [2.24, 2.45) is 5.92 Å². The van der Waals surface area contributed by atoms with Crippen molar-refractivity contribution in [1.29, 1.82) is 0 Å². The Morgan fingerprint density at radius 2 is 1.94 bits per heavy atom. The zero-order chi connectivity index (χ0) is 13.4. The first-order valence-corrected chi connectivity index (χ1v) is 7.18. The lowest BCUT2D eigenvalue weighted by Crippen LogP contribution is -2.45. The minimum absolute atomic E-state index is 0.0514. The van der Waals surface area contributed by atoms with Gasteiger partial charge < -0.3 is 10.6 Å². The van der Waals surface area contributed by atoms with Crippen LogP contribution in [-0.2, 0) is 9.59 Å². The number of hydrogen-bond donors (Lipinski definition) is 2. The lowest BCUT2D eigenvalue weighted by Gasteiger charge is -2.17. The first-order valence-electron chi connectivity index (χ1n) is 7.18. The highest BCUT2D eigenvalue weighted by atomic mass is 16.2. The molecule has 104 valence electrons. The van der Waals surface area contributed by atoms with Gasteiger partial charge in [-0.15, -0.1) is 0 Å². The van der Waals surface area contributed by atoms with Crippen LogP contribution >= 0.6 is 0 Å². The number of nitrogens with one attached hydrogen (secondary N) is 2. The summed E-state index contributed by atoms with van der Waals surface area (Å²) in [6, 6.07) is -0.358.